The van der Waals surface area contributed by atoms with E-state index < -0.39 is 0 Å². The Hall–Kier alpha value is -2.75. The van der Waals surface area contributed by atoms with Crippen LogP contribution in [0.3, 0.4) is 0 Å². The molecule has 0 atom stereocenters. The molecule has 1 aromatic heterocycles. The Morgan fingerprint density at radius 3 is 2.60 bits per heavy atom. The van der Waals surface area contributed by atoms with Gasteiger partial charge in [-0.2, -0.15) is 0 Å². The van der Waals surface area contributed by atoms with Crippen molar-refractivity contribution in [1.82, 2.24) is 9.55 Å². The molecule has 0 aliphatic heterocycles. The Labute approximate surface area is 149 Å². The quantitative estimate of drug-likeness (QED) is 0.643. The van der Waals surface area contributed by atoms with Crippen LogP contribution in [0.15, 0.2) is 54.9 Å². The molecular weight excluding hydrogens is 312 g/mol. The molecule has 0 saturated carbocycles. The first-order valence-electron chi connectivity index (χ1n) is 8.57. The summed E-state index contributed by atoms with van der Waals surface area (Å²) in [5, 5.41) is 0. The van der Waals surface area contributed by atoms with Gasteiger partial charge in [0.15, 0.2) is 0 Å². The number of aromatic nitrogens is 2. The van der Waals surface area contributed by atoms with Gasteiger partial charge in [0.25, 0.3) is 0 Å². The number of ether oxygens (including phenoxy) is 2. The first kappa shape index (κ1) is 17.1. The van der Waals surface area contributed by atoms with Gasteiger partial charge in [0.2, 0.25) is 0 Å². The van der Waals surface area contributed by atoms with Crippen molar-refractivity contribution >= 4 is 0 Å². The van der Waals surface area contributed by atoms with E-state index >= 15 is 0 Å². The van der Waals surface area contributed by atoms with Gasteiger partial charge in [0.1, 0.15) is 11.5 Å². The molecule has 4 nitrogen and oxygen atoms in total. The minimum absolute atomic E-state index is 0.850. The smallest absolute Gasteiger partial charge is 0.122 e. The molecule has 0 aliphatic rings. The molecule has 0 fully saturated rings. The van der Waals surface area contributed by atoms with Crippen LogP contribution in [0.25, 0.3) is 11.3 Å². The highest BCUT2D eigenvalue weighted by Gasteiger charge is 2.12. The predicted octanol–water partition coefficient (Wildman–Crippen LogP) is 4.37. The van der Waals surface area contributed by atoms with Gasteiger partial charge < -0.3 is 14.0 Å². The Kier molecular flexibility index (Phi) is 5.39. The highest BCUT2D eigenvalue weighted by atomic mass is 16.5. The van der Waals surface area contributed by atoms with Crippen LogP contribution >= 0.6 is 0 Å². The van der Waals surface area contributed by atoms with Crippen molar-refractivity contribution in [3.63, 3.8) is 0 Å². The molecule has 130 valence electrons. The van der Waals surface area contributed by atoms with Crippen LogP contribution in [0.1, 0.15) is 18.2 Å². The second-order valence-corrected chi connectivity index (χ2v) is 5.88. The monoisotopic (exact) mass is 336 g/mol. The van der Waals surface area contributed by atoms with Gasteiger partial charge in [0, 0.05) is 17.8 Å². The van der Waals surface area contributed by atoms with Crippen LogP contribution < -0.4 is 9.47 Å². The van der Waals surface area contributed by atoms with Gasteiger partial charge >= 0.3 is 0 Å². The van der Waals surface area contributed by atoms with E-state index in [1.54, 1.807) is 14.2 Å². The molecule has 3 aromatic rings. The van der Waals surface area contributed by atoms with E-state index in [9.17, 15) is 0 Å². The number of imidazole rings is 1. The molecule has 0 radical (unpaired) electrons. The average molecular weight is 336 g/mol. The van der Waals surface area contributed by atoms with Gasteiger partial charge in [0.05, 0.1) is 26.2 Å². The van der Waals surface area contributed by atoms with E-state index in [1.165, 1.54) is 11.3 Å². The highest BCUT2D eigenvalue weighted by Crippen LogP contribution is 2.27. The summed E-state index contributed by atoms with van der Waals surface area (Å²) < 4.78 is 13.0. The van der Waals surface area contributed by atoms with E-state index in [2.05, 4.69) is 28.6 Å². The standard InChI is InChI=1S/C21H24N2O2/c1-4-19-21(17-9-7-10-18(14-17)24-2)22-15-23(19)13-12-16-8-5-6-11-20(16)25-3/h5-11,14-15H,4,12-13H2,1-3H3. The van der Waals surface area contributed by atoms with Gasteiger partial charge in [-0.1, -0.05) is 37.3 Å². The zero-order valence-electron chi connectivity index (χ0n) is 15.0. The maximum Gasteiger partial charge on any atom is 0.122 e. The van der Waals surface area contributed by atoms with Gasteiger partial charge in [-0.25, -0.2) is 4.98 Å². The molecule has 0 N–H and O–H groups in total. The highest BCUT2D eigenvalue weighted by molar-refractivity contribution is 5.63. The van der Waals surface area contributed by atoms with E-state index in [4.69, 9.17) is 9.47 Å². The van der Waals surface area contributed by atoms with Crippen molar-refractivity contribution in [3.05, 3.63) is 66.1 Å². The Morgan fingerprint density at radius 2 is 1.84 bits per heavy atom. The Bertz CT molecular complexity index is 839. The van der Waals surface area contributed by atoms with Crippen molar-refractivity contribution in [2.24, 2.45) is 0 Å². The first-order chi connectivity index (χ1) is 12.3. The van der Waals surface area contributed by atoms with Crippen molar-refractivity contribution in [1.29, 1.82) is 0 Å². The summed E-state index contributed by atoms with van der Waals surface area (Å²) >= 11 is 0. The molecule has 1 heterocycles. The zero-order valence-corrected chi connectivity index (χ0v) is 15.0. The van der Waals surface area contributed by atoms with Crippen molar-refractivity contribution < 1.29 is 9.47 Å². The minimum atomic E-state index is 0.850. The number of rotatable bonds is 7. The fraction of sp³-hybridized carbons (Fsp3) is 0.286. The van der Waals surface area contributed by atoms with Crippen LogP contribution in [0, 0.1) is 0 Å². The van der Waals surface area contributed by atoms with Crippen LogP contribution in [0.2, 0.25) is 0 Å². The fourth-order valence-electron chi connectivity index (χ4n) is 3.13. The summed E-state index contributed by atoms with van der Waals surface area (Å²) in [6, 6.07) is 16.2. The van der Waals surface area contributed by atoms with Crippen molar-refractivity contribution in [3.8, 4) is 22.8 Å². The second kappa shape index (κ2) is 7.88. The lowest BCUT2D eigenvalue weighted by atomic mass is 10.1. The molecule has 0 spiro atoms. The number of para-hydroxylation sites is 1. The normalized spacial score (nSPS) is 10.7. The van der Waals surface area contributed by atoms with Crippen molar-refractivity contribution in [2.45, 2.75) is 26.3 Å². The number of methoxy groups -OCH3 is 2. The van der Waals surface area contributed by atoms with Crippen molar-refractivity contribution in [2.75, 3.05) is 14.2 Å². The predicted molar refractivity (Wildman–Crippen MR) is 100 cm³/mol. The molecule has 0 unspecified atom stereocenters. The molecule has 2 aromatic carbocycles. The topological polar surface area (TPSA) is 36.3 Å². The van der Waals surface area contributed by atoms with E-state index in [0.717, 1.165) is 42.1 Å². The van der Waals surface area contributed by atoms with Crippen LogP contribution in [-0.2, 0) is 19.4 Å². The third-order valence-corrected chi connectivity index (χ3v) is 4.44. The number of hydrogen-bond acceptors (Lipinski definition) is 3. The lowest BCUT2D eigenvalue weighted by molar-refractivity contribution is 0.408. The number of nitrogens with zero attached hydrogens (tertiary/aromatic N) is 2. The molecule has 0 bridgehead atoms. The fourth-order valence-corrected chi connectivity index (χ4v) is 3.13. The molecule has 0 aliphatic carbocycles. The van der Waals surface area contributed by atoms with Gasteiger partial charge in [-0.3, -0.25) is 0 Å². The lowest BCUT2D eigenvalue weighted by Gasteiger charge is -2.11. The third kappa shape index (κ3) is 3.68. The number of hydrogen-bond donors (Lipinski definition) is 0. The van der Waals surface area contributed by atoms with Crippen LogP contribution in [-0.4, -0.2) is 23.8 Å². The minimum Gasteiger partial charge on any atom is -0.497 e. The summed E-state index contributed by atoms with van der Waals surface area (Å²) in [6.07, 6.45) is 3.77. The largest absolute Gasteiger partial charge is 0.497 e. The zero-order chi connectivity index (χ0) is 17.6. The summed E-state index contributed by atoms with van der Waals surface area (Å²) in [5.41, 5.74) is 4.57. The molecule has 0 saturated heterocycles. The lowest BCUT2D eigenvalue weighted by Crippen LogP contribution is -2.05. The van der Waals surface area contributed by atoms with E-state index in [0.29, 0.717) is 0 Å². The maximum absolute atomic E-state index is 5.45. The maximum atomic E-state index is 5.45. The average Bonchev–Trinajstić information content (AvgIpc) is 3.09. The first-order valence-corrected chi connectivity index (χ1v) is 8.57. The van der Waals surface area contributed by atoms with E-state index in [1.807, 2.05) is 42.7 Å². The molecule has 25 heavy (non-hydrogen) atoms. The molecule has 0 amide bonds. The molecular formula is C21H24N2O2. The summed E-state index contributed by atoms with van der Waals surface area (Å²) in [6.45, 7) is 3.04. The molecule has 3 rings (SSSR count). The Morgan fingerprint density at radius 1 is 1.00 bits per heavy atom. The number of aryl methyl sites for hydroxylation is 2. The summed E-state index contributed by atoms with van der Waals surface area (Å²) in [7, 11) is 3.40. The SMILES string of the molecule is CCc1c(-c2cccc(OC)c2)ncn1CCc1ccccc1OC. The second-order valence-electron chi connectivity index (χ2n) is 5.88. The van der Waals surface area contributed by atoms with Crippen LogP contribution in [0.4, 0.5) is 0 Å². The van der Waals surface area contributed by atoms with Gasteiger partial charge in [-0.05, 0) is 36.6 Å². The van der Waals surface area contributed by atoms with Crippen LogP contribution in [0.5, 0.6) is 11.5 Å². The Balaban J connectivity index is 1.85. The summed E-state index contributed by atoms with van der Waals surface area (Å²) in [4.78, 5) is 4.66. The third-order valence-electron chi connectivity index (χ3n) is 4.44. The number of benzene rings is 2. The summed E-state index contributed by atoms with van der Waals surface area (Å²) in [5.74, 6) is 1.79. The van der Waals surface area contributed by atoms with Gasteiger partial charge in [-0.15, -0.1) is 0 Å². The van der Waals surface area contributed by atoms with E-state index in [-0.39, 0.29) is 0 Å². The molecule has 4 heteroatoms.